The third-order valence-electron chi connectivity index (χ3n) is 5.34. The topological polar surface area (TPSA) is 105 Å². The molecule has 1 aliphatic rings. The van der Waals surface area contributed by atoms with Crippen molar-refractivity contribution in [1.82, 2.24) is 29.6 Å². The summed E-state index contributed by atoms with van der Waals surface area (Å²) in [6, 6.07) is 6.35. The molecule has 1 aromatic carbocycles. The van der Waals surface area contributed by atoms with Gasteiger partial charge in [0.05, 0.1) is 17.9 Å². The lowest BCUT2D eigenvalue weighted by Gasteiger charge is -2.31. The van der Waals surface area contributed by atoms with Crippen LogP contribution < -0.4 is 10.2 Å². The summed E-state index contributed by atoms with van der Waals surface area (Å²) in [7, 11) is 3.95. The van der Waals surface area contributed by atoms with E-state index in [0.717, 1.165) is 48.2 Å². The molecule has 5 rings (SSSR count). The number of nitrogens with one attached hydrogen (secondary N) is 1. The van der Waals surface area contributed by atoms with E-state index in [-0.39, 0.29) is 11.7 Å². The summed E-state index contributed by atoms with van der Waals surface area (Å²) in [6.45, 7) is 3.47. The van der Waals surface area contributed by atoms with Gasteiger partial charge in [-0.2, -0.15) is 5.10 Å². The summed E-state index contributed by atoms with van der Waals surface area (Å²) in [5, 5.41) is 7.78. The Balaban J connectivity index is 1.33. The molecule has 1 N–H and O–H groups in total. The number of carbonyl (C=O) groups excluding carboxylic acids is 1. The van der Waals surface area contributed by atoms with Crippen LogP contribution in [0.4, 0.5) is 12.0 Å². The standard InChI is InChI=1S/C21H22N8O2/c1-27-5-7-29(8-6-27)21-23-12-18(31-21)19(30)26-20-22-10-15-4-3-14(9-17(15)25-20)16-11-24-28(2)13-16/h3-4,9-13H,5-8H2,1-2H3,(H,22,25,26,30). The smallest absolute Gasteiger partial charge is 0.298 e. The van der Waals surface area contributed by atoms with E-state index in [4.69, 9.17) is 4.42 Å². The maximum atomic E-state index is 12.6. The van der Waals surface area contributed by atoms with Crippen LogP contribution >= 0.6 is 0 Å². The second kappa shape index (κ2) is 7.80. The summed E-state index contributed by atoms with van der Waals surface area (Å²) >= 11 is 0. The van der Waals surface area contributed by atoms with Crippen LogP contribution in [-0.4, -0.2) is 68.8 Å². The third-order valence-corrected chi connectivity index (χ3v) is 5.34. The van der Waals surface area contributed by atoms with Crippen molar-refractivity contribution in [2.24, 2.45) is 7.05 Å². The van der Waals surface area contributed by atoms with Crippen molar-refractivity contribution >= 4 is 28.8 Å². The molecular weight excluding hydrogens is 396 g/mol. The predicted octanol–water partition coefficient (Wildman–Crippen LogP) is 2.02. The normalized spacial score (nSPS) is 14.8. The molecule has 10 nitrogen and oxygen atoms in total. The lowest BCUT2D eigenvalue weighted by Crippen LogP contribution is -2.44. The van der Waals surface area contributed by atoms with E-state index in [2.05, 4.69) is 37.3 Å². The van der Waals surface area contributed by atoms with Crippen LogP contribution in [0.15, 0.2) is 47.4 Å². The first-order valence-corrected chi connectivity index (χ1v) is 10.0. The molecule has 0 radical (unpaired) electrons. The first-order chi connectivity index (χ1) is 15.0. The zero-order chi connectivity index (χ0) is 21.4. The van der Waals surface area contributed by atoms with Gasteiger partial charge < -0.3 is 14.2 Å². The number of amides is 1. The summed E-state index contributed by atoms with van der Waals surface area (Å²) in [5.41, 5.74) is 2.71. The maximum Gasteiger partial charge on any atom is 0.298 e. The number of aryl methyl sites for hydroxylation is 1. The van der Waals surface area contributed by atoms with E-state index in [1.807, 2.05) is 36.3 Å². The van der Waals surface area contributed by atoms with Crippen LogP contribution in [0.25, 0.3) is 22.0 Å². The van der Waals surface area contributed by atoms with Crippen LogP contribution in [-0.2, 0) is 7.05 Å². The van der Waals surface area contributed by atoms with Crippen molar-refractivity contribution in [1.29, 1.82) is 0 Å². The molecule has 0 spiro atoms. The number of rotatable bonds is 4. The zero-order valence-electron chi connectivity index (χ0n) is 17.3. The lowest BCUT2D eigenvalue weighted by atomic mass is 10.1. The predicted molar refractivity (Wildman–Crippen MR) is 116 cm³/mol. The molecule has 0 atom stereocenters. The second-order valence-corrected chi connectivity index (χ2v) is 7.62. The summed E-state index contributed by atoms with van der Waals surface area (Å²) in [6.07, 6.45) is 6.85. The average Bonchev–Trinajstić information content (AvgIpc) is 3.43. The largest absolute Gasteiger partial charge is 0.418 e. The van der Waals surface area contributed by atoms with Crippen molar-refractivity contribution in [3.8, 4) is 11.1 Å². The van der Waals surface area contributed by atoms with Gasteiger partial charge in [0.25, 0.3) is 11.9 Å². The molecule has 1 fully saturated rings. The van der Waals surface area contributed by atoms with E-state index >= 15 is 0 Å². The van der Waals surface area contributed by atoms with Gasteiger partial charge in [0.15, 0.2) is 0 Å². The summed E-state index contributed by atoms with van der Waals surface area (Å²) in [4.78, 5) is 29.9. The fourth-order valence-corrected chi connectivity index (χ4v) is 3.51. The van der Waals surface area contributed by atoms with Gasteiger partial charge in [0.1, 0.15) is 0 Å². The molecule has 0 saturated carbocycles. The molecule has 0 bridgehead atoms. The number of likely N-dealkylation sites (N-methyl/N-ethyl adjacent to an activating group) is 1. The Kier molecular flexibility index (Phi) is 4.83. The summed E-state index contributed by atoms with van der Waals surface area (Å²) in [5.74, 6) is -0.101. The second-order valence-electron chi connectivity index (χ2n) is 7.62. The van der Waals surface area contributed by atoms with Gasteiger partial charge in [0.2, 0.25) is 11.7 Å². The number of benzene rings is 1. The highest BCUT2D eigenvalue weighted by atomic mass is 16.4. The molecule has 0 aliphatic carbocycles. The minimum absolute atomic E-state index is 0.127. The molecule has 4 aromatic rings. The highest BCUT2D eigenvalue weighted by molar-refractivity contribution is 6.01. The Morgan fingerprint density at radius 3 is 2.65 bits per heavy atom. The number of fused-ring (bicyclic) bond motifs is 1. The number of nitrogens with zero attached hydrogens (tertiary/aromatic N) is 7. The Morgan fingerprint density at radius 2 is 1.87 bits per heavy atom. The molecule has 158 valence electrons. The number of carbonyl (C=O) groups is 1. The molecule has 3 aromatic heterocycles. The van der Waals surface area contributed by atoms with Gasteiger partial charge in [-0.15, -0.1) is 0 Å². The molecule has 4 heterocycles. The molecule has 1 aliphatic heterocycles. The fraction of sp³-hybridized carbons (Fsp3) is 0.286. The first kappa shape index (κ1) is 19.2. The van der Waals surface area contributed by atoms with Crippen LogP contribution in [0.3, 0.4) is 0 Å². The minimum Gasteiger partial charge on any atom is -0.418 e. The van der Waals surface area contributed by atoms with Crippen molar-refractivity contribution in [3.05, 3.63) is 48.7 Å². The minimum atomic E-state index is -0.435. The number of hydrogen-bond donors (Lipinski definition) is 1. The molecule has 10 heteroatoms. The zero-order valence-corrected chi connectivity index (χ0v) is 17.3. The van der Waals surface area contributed by atoms with E-state index in [1.165, 1.54) is 6.20 Å². The van der Waals surface area contributed by atoms with Crippen molar-refractivity contribution < 1.29 is 9.21 Å². The van der Waals surface area contributed by atoms with Gasteiger partial charge in [-0.1, -0.05) is 12.1 Å². The number of aromatic nitrogens is 5. The quantitative estimate of drug-likeness (QED) is 0.537. The molecule has 1 amide bonds. The monoisotopic (exact) mass is 418 g/mol. The van der Waals surface area contributed by atoms with Crippen molar-refractivity contribution in [2.45, 2.75) is 0 Å². The highest BCUT2D eigenvalue weighted by Crippen LogP contribution is 2.23. The van der Waals surface area contributed by atoms with Crippen LogP contribution in [0.1, 0.15) is 10.6 Å². The number of piperazine rings is 1. The van der Waals surface area contributed by atoms with E-state index in [9.17, 15) is 4.79 Å². The van der Waals surface area contributed by atoms with Gasteiger partial charge >= 0.3 is 0 Å². The van der Waals surface area contributed by atoms with E-state index < -0.39 is 5.91 Å². The van der Waals surface area contributed by atoms with Gasteiger partial charge in [-0.05, 0) is 18.7 Å². The lowest BCUT2D eigenvalue weighted by molar-refractivity contribution is 0.0996. The molecule has 0 unspecified atom stereocenters. The van der Waals surface area contributed by atoms with Gasteiger partial charge in [-0.3, -0.25) is 14.8 Å². The third kappa shape index (κ3) is 3.97. The van der Waals surface area contributed by atoms with Crippen LogP contribution in [0.2, 0.25) is 0 Å². The fourth-order valence-electron chi connectivity index (χ4n) is 3.51. The summed E-state index contributed by atoms with van der Waals surface area (Å²) < 4.78 is 7.43. The van der Waals surface area contributed by atoms with E-state index in [0.29, 0.717) is 6.01 Å². The molecule has 31 heavy (non-hydrogen) atoms. The van der Waals surface area contributed by atoms with Crippen LogP contribution in [0, 0.1) is 0 Å². The Morgan fingerprint density at radius 1 is 1.03 bits per heavy atom. The number of anilines is 2. The maximum absolute atomic E-state index is 12.6. The van der Waals surface area contributed by atoms with Gasteiger partial charge in [-0.25, -0.2) is 15.0 Å². The first-order valence-electron chi connectivity index (χ1n) is 10.0. The highest BCUT2D eigenvalue weighted by Gasteiger charge is 2.21. The van der Waals surface area contributed by atoms with E-state index in [1.54, 1.807) is 17.1 Å². The van der Waals surface area contributed by atoms with Crippen molar-refractivity contribution in [2.75, 3.05) is 43.4 Å². The number of hydrogen-bond acceptors (Lipinski definition) is 8. The number of oxazole rings is 1. The van der Waals surface area contributed by atoms with Gasteiger partial charge in [0, 0.05) is 56.6 Å². The molecular formula is C21H22N8O2. The Hall–Kier alpha value is -3.79. The van der Waals surface area contributed by atoms with Crippen molar-refractivity contribution in [3.63, 3.8) is 0 Å². The van der Waals surface area contributed by atoms with Crippen LogP contribution in [0.5, 0.6) is 0 Å². The Bertz CT molecular complexity index is 1240. The average molecular weight is 418 g/mol. The Labute approximate surface area is 178 Å². The molecule has 1 saturated heterocycles. The SMILES string of the molecule is CN1CCN(c2ncc(C(=O)Nc3ncc4ccc(-c5cnn(C)c5)cc4n3)o2)CC1.